The fraction of sp³-hybridized carbons (Fsp3) is 0.333. The van der Waals surface area contributed by atoms with Crippen LogP contribution in [0.4, 0.5) is 8.78 Å². The smallest absolute Gasteiger partial charge is 0.273 e. The molecule has 1 aliphatic heterocycles. The molecule has 1 aliphatic rings. The number of carbonyl (C=O) groups excluding carboxylic acids is 1. The van der Waals surface area contributed by atoms with E-state index in [1.807, 2.05) is 30.3 Å². The number of carbonyl (C=O) groups is 1. The van der Waals surface area contributed by atoms with Crippen LogP contribution in [0.15, 0.2) is 58.6 Å². The van der Waals surface area contributed by atoms with Crippen molar-refractivity contribution < 1.29 is 18.3 Å². The van der Waals surface area contributed by atoms with Crippen molar-refractivity contribution in [3.05, 3.63) is 82.8 Å². The number of amides is 1. The van der Waals surface area contributed by atoms with Gasteiger partial charge in [0, 0.05) is 26.3 Å². The summed E-state index contributed by atoms with van der Waals surface area (Å²) < 4.78 is 34.0. The average molecular weight is 501 g/mol. The highest BCUT2D eigenvalue weighted by atomic mass is 32.2. The predicted octanol–water partition coefficient (Wildman–Crippen LogP) is 3.87. The minimum Gasteiger partial charge on any atom is -0.372 e. The first-order valence-corrected chi connectivity index (χ1v) is 11.7. The van der Waals surface area contributed by atoms with Gasteiger partial charge in [-0.05, 0) is 43.5 Å². The average Bonchev–Trinajstić information content (AvgIpc) is 3.27. The molecule has 1 unspecified atom stereocenters. The zero-order chi connectivity index (χ0) is 25.4. The van der Waals surface area contributed by atoms with Crippen LogP contribution in [0, 0.1) is 18.2 Å². The molecule has 0 bridgehead atoms. The zero-order valence-electron chi connectivity index (χ0n) is 19.6. The zero-order valence-corrected chi connectivity index (χ0v) is 20.4. The molecular formula is C24H26F2N6O2S. The van der Waals surface area contributed by atoms with Crippen LogP contribution >= 0.6 is 11.8 Å². The van der Waals surface area contributed by atoms with Gasteiger partial charge in [0.25, 0.3) is 11.9 Å². The summed E-state index contributed by atoms with van der Waals surface area (Å²) in [6.07, 6.45) is 0.148. The Morgan fingerprint density at radius 2 is 2.06 bits per heavy atom. The van der Waals surface area contributed by atoms with E-state index in [0.717, 1.165) is 23.8 Å². The molecule has 2 atom stereocenters. The summed E-state index contributed by atoms with van der Waals surface area (Å²) in [4.78, 5) is 19.4. The maximum Gasteiger partial charge on any atom is 0.273 e. The first-order valence-electron chi connectivity index (χ1n) is 10.8. The summed E-state index contributed by atoms with van der Waals surface area (Å²) in [6.45, 7) is 8.98. The molecule has 3 rings (SSSR count). The van der Waals surface area contributed by atoms with Gasteiger partial charge in [-0.25, -0.2) is 13.8 Å². The number of methoxy groups -OCH3 is 1. The first-order chi connectivity index (χ1) is 16.9. The van der Waals surface area contributed by atoms with Gasteiger partial charge < -0.3 is 10.1 Å². The molecule has 2 aromatic rings. The Kier molecular flexibility index (Phi) is 8.78. The van der Waals surface area contributed by atoms with Gasteiger partial charge in [0.1, 0.15) is 27.7 Å². The van der Waals surface area contributed by atoms with E-state index in [9.17, 15) is 13.6 Å². The molecule has 2 N–H and O–H groups in total. The number of benzene rings is 2. The van der Waals surface area contributed by atoms with E-state index < -0.39 is 28.5 Å². The molecule has 0 fully saturated rings. The highest BCUT2D eigenvalue weighted by Gasteiger charge is 2.49. The SMILES string of the molecule is [C-]#[N+]NC(=NC)NCCCC1(c2ccccc2)SC(c2cc(F)ccc2F)=NN1C(=O)[C@H](C)OC. The van der Waals surface area contributed by atoms with Gasteiger partial charge in [-0.1, -0.05) is 47.5 Å². The van der Waals surface area contributed by atoms with Crippen LogP contribution in [-0.4, -0.2) is 48.7 Å². The van der Waals surface area contributed by atoms with E-state index in [4.69, 9.17) is 11.3 Å². The topological polar surface area (TPSA) is 82.7 Å². The number of hydrazone groups is 1. The lowest BCUT2D eigenvalue weighted by Crippen LogP contribution is -2.46. The molecule has 0 aromatic heterocycles. The van der Waals surface area contributed by atoms with Gasteiger partial charge in [0.2, 0.25) is 0 Å². The Hall–Kier alpha value is -3.49. The lowest BCUT2D eigenvalue weighted by Gasteiger charge is -2.37. The predicted molar refractivity (Wildman–Crippen MR) is 132 cm³/mol. The van der Waals surface area contributed by atoms with Gasteiger partial charge in [-0.15, -0.1) is 0 Å². The Balaban J connectivity index is 2.01. The van der Waals surface area contributed by atoms with E-state index >= 15 is 0 Å². The summed E-state index contributed by atoms with van der Waals surface area (Å²) >= 11 is 1.20. The van der Waals surface area contributed by atoms with Crippen LogP contribution in [0.1, 0.15) is 30.9 Å². The summed E-state index contributed by atoms with van der Waals surface area (Å²) in [7, 11) is 2.98. The van der Waals surface area contributed by atoms with Crippen molar-refractivity contribution in [3.8, 4) is 0 Å². The quantitative estimate of drug-likeness (QED) is 0.189. The third-order valence-corrected chi connectivity index (χ3v) is 6.91. The van der Waals surface area contributed by atoms with Crippen molar-refractivity contribution in [1.29, 1.82) is 0 Å². The van der Waals surface area contributed by atoms with E-state index in [2.05, 4.69) is 25.8 Å². The van der Waals surface area contributed by atoms with Crippen LogP contribution in [0.2, 0.25) is 0 Å². The third-order valence-electron chi connectivity index (χ3n) is 5.46. The number of hydrogen-bond acceptors (Lipinski definition) is 5. The Bertz CT molecular complexity index is 1150. The molecule has 2 aromatic carbocycles. The van der Waals surface area contributed by atoms with Crippen LogP contribution in [0.25, 0.3) is 4.95 Å². The van der Waals surface area contributed by atoms with Crippen LogP contribution in [0.5, 0.6) is 0 Å². The molecule has 0 saturated carbocycles. The molecule has 184 valence electrons. The summed E-state index contributed by atoms with van der Waals surface area (Å²) in [5.74, 6) is -1.32. The second kappa shape index (κ2) is 11.8. The van der Waals surface area contributed by atoms with Crippen molar-refractivity contribution in [2.45, 2.75) is 30.7 Å². The van der Waals surface area contributed by atoms with E-state index in [1.165, 1.54) is 23.9 Å². The van der Waals surface area contributed by atoms with Crippen LogP contribution in [0.3, 0.4) is 0 Å². The fourth-order valence-corrected chi connectivity index (χ4v) is 5.03. The van der Waals surface area contributed by atoms with Crippen molar-refractivity contribution in [2.75, 3.05) is 20.7 Å². The summed E-state index contributed by atoms with van der Waals surface area (Å²) in [5, 5.41) is 9.06. The Labute approximate surface area is 207 Å². The van der Waals surface area contributed by atoms with E-state index in [-0.39, 0.29) is 10.6 Å². The van der Waals surface area contributed by atoms with Crippen LogP contribution < -0.4 is 10.7 Å². The van der Waals surface area contributed by atoms with E-state index in [1.54, 1.807) is 14.0 Å². The fourth-order valence-electron chi connectivity index (χ4n) is 3.60. The van der Waals surface area contributed by atoms with E-state index in [0.29, 0.717) is 25.3 Å². The minimum atomic E-state index is -1.03. The molecule has 0 radical (unpaired) electrons. The van der Waals surface area contributed by atoms with Gasteiger partial charge in [-0.3, -0.25) is 9.79 Å². The highest BCUT2D eigenvalue weighted by molar-refractivity contribution is 8.15. The molecule has 11 heteroatoms. The molecule has 35 heavy (non-hydrogen) atoms. The second-order valence-electron chi connectivity index (χ2n) is 7.64. The molecule has 0 spiro atoms. The second-order valence-corrected chi connectivity index (χ2v) is 8.90. The number of ether oxygens (including phenoxy) is 1. The largest absolute Gasteiger partial charge is 0.372 e. The normalized spacial score (nSPS) is 18.6. The third kappa shape index (κ3) is 5.78. The molecule has 8 nitrogen and oxygen atoms in total. The van der Waals surface area contributed by atoms with Crippen molar-refractivity contribution in [1.82, 2.24) is 15.8 Å². The number of guanidine groups is 1. The standard InChI is InChI=1S/C24H26F2N6O2S/c1-16(34-4)22(33)32-24(17-9-6-5-7-10-17,13-8-14-29-23(27-2)30-28-3)35-21(31-32)19-15-18(25)11-12-20(19)26/h5-7,9-12,15-16H,8,13-14H2,1-2,4H3,(H2,27,29,30)/t16-,24?/m0/s1. The number of aliphatic imine (C=N–C) groups is 1. The lowest BCUT2D eigenvalue weighted by atomic mass is 9.99. The monoisotopic (exact) mass is 500 g/mol. The number of halogens is 2. The number of rotatable bonds is 8. The maximum atomic E-state index is 14.7. The van der Waals surface area contributed by atoms with Gasteiger partial charge in [0.05, 0.1) is 0 Å². The maximum absolute atomic E-state index is 14.7. The lowest BCUT2D eigenvalue weighted by molar-refractivity contribution is -0.144. The van der Waals surface area contributed by atoms with Gasteiger partial charge in [0.15, 0.2) is 0 Å². The number of thioether (sulfide) groups is 1. The minimum absolute atomic E-state index is 0.0181. The van der Waals surface area contributed by atoms with Crippen molar-refractivity contribution in [2.24, 2.45) is 10.1 Å². The molecule has 0 aliphatic carbocycles. The Morgan fingerprint density at radius 1 is 1.31 bits per heavy atom. The molecule has 1 heterocycles. The van der Waals surface area contributed by atoms with Crippen LogP contribution in [-0.2, 0) is 14.4 Å². The Morgan fingerprint density at radius 3 is 2.71 bits per heavy atom. The van der Waals surface area contributed by atoms with Gasteiger partial charge >= 0.3 is 0 Å². The summed E-state index contributed by atoms with van der Waals surface area (Å²) in [6, 6.07) is 12.5. The van der Waals surface area contributed by atoms with Gasteiger partial charge in [-0.2, -0.15) is 16.6 Å². The highest BCUT2D eigenvalue weighted by Crippen LogP contribution is 2.50. The van der Waals surface area contributed by atoms with Crippen molar-refractivity contribution in [3.63, 3.8) is 0 Å². The first kappa shape index (κ1) is 26.1. The number of nitrogens with zero attached hydrogens (tertiary/aromatic N) is 4. The molecule has 0 saturated heterocycles. The number of nitrogens with one attached hydrogen (secondary N) is 2. The summed E-state index contributed by atoms with van der Waals surface area (Å²) in [5.41, 5.74) is 3.20. The molecular weight excluding hydrogens is 474 g/mol. The molecule has 1 amide bonds. The number of hydrogen-bond donors (Lipinski definition) is 2. The van der Waals surface area contributed by atoms with Crippen molar-refractivity contribution >= 4 is 28.7 Å².